The molecule has 1 aromatic carbocycles. The highest BCUT2D eigenvalue weighted by molar-refractivity contribution is 9.10. The molecule has 6 heteroatoms. The lowest BCUT2D eigenvalue weighted by Crippen LogP contribution is -2.32. The Balaban J connectivity index is 1.55. The molecule has 0 aromatic heterocycles. The van der Waals surface area contributed by atoms with Crippen molar-refractivity contribution in [3.8, 4) is 0 Å². The summed E-state index contributed by atoms with van der Waals surface area (Å²) in [6.07, 6.45) is 5.37. The highest BCUT2D eigenvalue weighted by Gasteiger charge is 2.60. The van der Waals surface area contributed by atoms with Gasteiger partial charge in [-0.1, -0.05) is 48.8 Å². The van der Waals surface area contributed by atoms with Crippen LogP contribution in [0.1, 0.15) is 45.6 Å². The first-order valence-corrected chi connectivity index (χ1v) is 10.5. The van der Waals surface area contributed by atoms with Crippen molar-refractivity contribution in [3.05, 3.63) is 39.2 Å². The number of carbonyl (C=O) groups excluding carboxylic acids is 1. The number of amidine groups is 1. The zero-order valence-electron chi connectivity index (χ0n) is 15.2. The molecule has 0 radical (unpaired) electrons. The van der Waals surface area contributed by atoms with Crippen LogP contribution in [0.3, 0.4) is 0 Å². The van der Waals surface area contributed by atoms with Gasteiger partial charge in [-0.05, 0) is 66.1 Å². The van der Waals surface area contributed by atoms with E-state index in [-0.39, 0.29) is 16.7 Å². The quantitative estimate of drug-likeness (QED) is 0.515. The molecule has 2 bridgehead atoms. The van der Waals surface area contributed by atoms with Crippen molar-refractivity contribution in [2.24, 2.45) is 27.0 Å². The molecule has 26 heavy (non-hydrogen) atoms. The molecule has 1 N–H and O–H groups in total. The summed E-state index contributed by atoms with van der Waals surface area (Å²) in [7, 11) is 0. The van der Waals surface area contributed by atoms with Crippen molar-refractivity contribution < 1.29 is 4.79 Å². The summed E-state index contributed by atoms with van der Waals surface area (Å²) in [5.74, 6) is 0.581. The van der Waals surface area contributed by atoms with Crippen LogP contribution in [0.4, 0.5) is 0 Å². The first kappa shape index (κ1) is 18.0. The third kappa shape index (κ3) is 2.87. The van der Waals surface area contributed by atoms with Crippen molar-refractivity contribution in [1.29, 1.82) is 0 Å². The fourth-order valence-electron chi connectivity index (χ4n) is 4.41. The van der Waals surface area contributed by atoms with Gasteiger partial charge in [0.15, 0.2) is 5.17 Å². The Morgan fingerprint density at radius 2 is 2.12 bits per heavy atom. The molecule has 4 rings (SSSR count). The Kier molecular flexibility index (Phi) is 4.39. The number of benzene rings is 1. The van der Waals surface area contributed by atoms with E-state index in [0.29, 0.717) is 16.0 Å². The standard InChI is InChI=1S/C20H22BrN3OS/c1-19(2)13-7-8-20(19,3)16(11-13)23-24-18-22-17(25)15(26-18)10-12-5-4-6-14(21)9-12/h4-6,9-10,13H,7-8,11H2,1-3H3,(H,22,24,25). The van der Waals surface area contributed by atoms with Gasteiger partial charge in [-0.2, -0.15) is 5.10 Å². The zero-order chi connectivity index (χ0) is 18.5. The molecule has 3 aliphatic rings. The monoisotopic (exact) mass is 431 g/mol. The number of carbonyl (C=O) groups is 1. The number of nitrogens with one attached hydrogen (secondary N) is 1. The van der Waals surface area contributed by atoms with Gasteiger partial charge >= 0.3 is 0 Å². The second kappa shape index (κ2) is 6.34. The number of thioether (sulfide) groups is 1. The highest BCUT2D eigenvalue weighted by Crippen LogP contribution is 2.64. The Morgan fingerprint density at radius 3 is 2.77 bits per heavy atom. The zero-order valence-corrected chi connectivity index (χ0v) is 17.6. The largest absolute Gasteiger partial charge is 0.299 e. The fraction of sp³-hybridized carbons (Fsp3) is 0.450. The number of halogens is 1. The summed E-state index contributed by atoms with van der Waals surface area (Å²) >= 11 is 4.80. The van der Waals surface area contributed by atoms with E-state index in [9.17, 15) is 4.79 Å². The van der Waals surface area contributed by atoms with Crippen LogP contribution in [0, 0.1) is 16.7 Å². The Morgan fingerprint density at radius 1 is 1.31 bits per heavy atom. The van der Waals surface area contributed by atoms with Crippen LogP contribution in [0.15, 0.2) is 43.8 Å². The first-order chi connectivity index (χ1) is 12.3. The molecule has 2 atom stereocenters. The Labute approximate surface area is 166 Å². The molecule has 1 heterocycles. The number of amides is 1. The molecule has 0 spiro atoms. The number of rotatable bonds is 2. The van der Waals surface area contributed by atoms with Crippen LogP contribution < -0.4 is 5.32 Å². The molecular formula is C20H22BrN3OS. The van der Waals surface area contributed by atoms with E-state index in [2.05, 4.69) is 52.2 Å². The van der Waals surface area contributed by atoms with E-state index >= 15 is 0 Å². The van der Waals surface area contributed by atoms with E-state index in [4.69, 9.17) is 0 Å². The van der Waals surface area contributed by atoms with E-state index in [1.807, 2.05) is 30.3 Å². The molecule has 1 saturated heterocycles. The van der Waals surface area contributed by atoms with Crippen LogP contribution in [0.5, 0.6) is 0 Å². The number of fused-ring (bicyclic) bond motifs is 2. The summed E-state index contributed by atoms with van der Waals surface area (Å²) < 4.78 is 0.989. The maximum Gasteiger partial charge on any atom is 0.264 e. The van der Waals surface area contributed by atoms with E-state index in [0.717, 1.165) is 16.5 Å². The predicted octanol–water partition coefficient (Wildman–Crippen LogP) is 5.21. The van der Waals surface area contributed by atoms with Crippen molar-refractivity contribution >= 4 is 50.6 Å². The molecule has 3 fully saturated rings. The third-order valence-electron chi connectivity index (χ3n) is 6.57. The molecule has 1 amide bonds. The van der Waals surface area contributed by atoms with Gasteiger partial charge in [0.25, 0.3) is 5.91 Å². The van der Waals surface area contributed by atoms with Crippen LogP contribution in [0.2, 0.25) is 0 Å². The maximum absolute atomic E-state index is 12.2. The lowest BCUT2D eigenvalue weighted by molar-refractivity contribution is -0.115. The van der Waals surface area contributed by atoms with Crippen molar-refractivity contribution in [2.75, 3.05) is 0 Å². The molecule has 4 nitrogen and oxygen atoms in total. The lowest BCUT2D eigenvalue weighted by Gasteiger charge is -2.34. The minimum atomic E-state index is -0.117. The summed E-state index contributed by atoms with van der Waals surface area (Å²) in [5, 5.41) is 12.3. The van der Waals surface area contributed by atoms with Gasteiger partial charge < -0.3 is 0 Å². The minimum Gasteiger partial charge on any atom is -0.299 e. The lowest BCUT2D eigenvalue weighted by atomic mass is 9.70. The van der Waals surface area contributed by atoms with Crippen LogP contribution in [0.25, 0.3) is 6.08 Å². The van der Waals surface area contributed by atoms with Crippen LogP contribution >= 0.6 is 27.7 Å². The van der Waals surface area contributed by atoms with Gasteiger partial charge in [-0.3, -0.25) is 10.1 Å². The first-order valence-electron chi connectivity index (χ1n) is 8.91. The summed E-state index contributed by atoms with van der Waals surface area (Å²) in [6, 6.07) is 7.87. The SMILES string of the molecule is CC12CCC(CC1=N/N=C1\NC(=O)C(=Cc3cccc(Br)c3)S1)C2(C)C. The summed E-state index contributed by atoms with van der Waals surface area (Å²) in [5.41, 5.74) is 2.57. The van der Waals surface area contributed by atoms with Gasteiger partial charge in [-0.25, -0.2) is 0 Å². The molecule has 2 saturated carbocycles. The van der Waals surface area contributed by atoms with Gasteiger partial charge in [0.05, 0.1) is 4.91 Å². The van der Waals surface area contributed by atoms with Crippen molar-refractivity contribution in [3.63, 3.8) is 0 Å². The molecule has 1 aromatic rings. The highest BCUT2D eigenvalue weighted by atomic mass is 79.9. The van der Waals surface area contributed by atoms with Gasteiger partial charge in [0, 0.05) is 15.6 Å². The Hall–Kier alpha value is -1.40. The number of hydrogen-bond donors (Lipinski definition) is 1. The smallest absolute Gasteiger partial charge is 0.264 e. The normalized spacial score (nSPS) is 34.2. The second-order valence-electron chi connectivity index (χ2n) is 8.07. The second-order valence-corrected chi connectivity index (χ2v) is 10.0. The minimum absolute atomic E-state index is 0.117. The van der Waals surface area contributed by atoms with Gasteiger partial charge in [0.2, 0.25) is 0 Å². The fourth-order valence-corrected chi connectivity index (χ4v) is 5.60. The molecule has 136 valence electrons. The van der Waals surface area contributed by atoms with Gasteiger partial charge in [0.1, 0.15) is 0 Å². The van der Waals surface area contributed by atoms with E-state index in [1.165, 1.54) is 30.3 Å². The molecule has 2 aliphatic carbocycles. The predicted molar refractivity (Wildman–Crippen MR) is 112 cm³/mol. The topological polar surface area (TPSA) is 53.8 Å². The van der Waals surface area contributed by atoms with Crippen molar-refractivity contribution in [1.82, 2.24) is 5.32 Å². The molecule has 2 unspecified atom stereocenters. The molecular weight excluding hydrogens is 410 g/mol. The average Bonchev–Trinajstić information content (AvgIpc) is 3.10. The number of nitrogens with zero attached hydrogens (tertiary/aromatic N) is 2. The average molecular weight is 432 g/mol. The van der Waals surface area contributed by atoms with Crippen LogP contribution in [-0.2, 0) is 4.79 Å². The summed E-state index contributed by atoms with van der Waals surface area (Å²) in [4.78, 5) is 12.9. The maximum atomic E-state index is 12.2. The molecule has 1 aliphatic heterocycles. The summed E-state index contributed by atoms with van der Waals surface area (Å²) in [6.45, 7) is 7.02. The van der Waals surface area contributed by atoms with Gasteiger partial charge in [-0.15, -0.1) is 5.10 Å². The van der Waals surface area contributed by atoms with Crippen molar-refractivity contribution in [2.45, 2.75) is 40.0 Å². The van der Waals surface area contributed by atoms with Crippen LogP contribution in [-0.4, -0.2) is 16.8 Å². The third-order valence-corrected chi connectivity index (χ3v) is 7.96. The Bertz CT molecular complexity index is 874. The number of hydrogen-bond acceptors (Lipinski definition) is 4. The van der Waals surface area contributed by atoms with E-state index in [1.54, 1.807) is 0 Å². The van der Waals surface area contributed by atoms with E-state index < -0.39 is 0 Å².